The number of aliphatic hydroxyl groups excluding tert-OH is 1. The monoisotopic (exact) mass is 529 g/mol. The maximum absolute atomic E-state index is 10.3. The molecule has 1 aromatic carbocycles. The standard InChI is InChI=1S/C29H35N7O3/c1-6-24(37)35-11-7-8-21(14-35)36-29-25(28(30)32-16-33-29)26(34-36)20-9-10-23(17(2)12-20)39-15-22-19(4)27(38-5)18(3)13-31-22/h6,9-10,12-13,16,21,24,37H,1,7-8,11,14-15H2,2-5H3,(H2,30,32,33)/t21-,24?/m1/s1. The first-order chi connectivity index (χ1) is 18.8. The SMILES string of the molecule is C=CC(O)N1CCC[C@@H](n2nc(-c3ccc(OCc4ncc(C)c(OC)c4C)c(C)c3)c3c(N)ncnc32)C1. The van der Waals surface area contributed by atoms with E-state index in [0.717, 1.165) is 69.9 Å². The van der Waals surface area contributed by atoms with Gasteiger partial charge in [-0.05, 0) is 63.5 Å². The zero-order valence-corrected chi connectivity index (χ0v) is 22.9. The van der Waals surface area contributed by atoms with Crippen molar-refractivity contribution in [1.29, 1.82) is 0 Å². The number of nitrogens with zero attached hydrogens (tertiary/aromatic N) is 6. The normalized spacial score (nSPS) is 16.8. The zero-order valence-electron chi connectivity index (χ0n) is 22.9. The van der Waals surface area contributed by atoms with Crippen LogP contribution in [0, 0.1) is 20.8 Å². The van der Waals surface area contributed by atoms with Crippen molar-refractivity contribution in [3.8, 4) is 22.8 Å². The van der Waals surface area contributed by atoms with Crippen molar-refractivity contribution < 1.29 is 14.6 Å². The molecule has 3 aromatic heterocycles. The number of fused-ring (bicyclic) bond motifs is 1. The summed E-state index contributed by atoms with van der Waals surface area (Å²) in [7, 11) is 1.67. The number of nitrogens with two attached hydrogens (primary N) is 1. The van der Waals surface area contributed by atoms with Crippen LogP contribution in [-0.2, 0) is 6.61 Å². The third-order valence-electron chi connectivity index (χ3n) is 7.44. The summed E-state index contributed by atoms with van der Waals surface area (Å²) in [4.78, 5) is 15.3. The molecule has 4 heterocycles. The number of likely N-dealkylation sites (tertiary alicyclic amines) is 1. The Morgan fingerprint density at radius 3 is 2.77 bits per heavy atom. The van der Waals surface area contributed by atoms with E-state index in [1.54, 1.807) is 19.4 Å². The number of aryl methyl sites for hydroxylation is 2. The topological polar surface area (TPSA) is 124 Å². The molecule has 204 valence electrons. The second-order valence-corrected chi connectivity index (χ2v) is 10.0. The van der Waals surface area contributed by atoms with Crippen LogP contribution in [0.4, 0.5) is 5.82 Å². The van der Waals surface area contributed by atoms with Gasteiger partial charge in [0, 0.05) is 36.0 Å². The highest BCUT2D eigenvalue weighted by Crippen LogP contribution is 2.36. The molecule has 0 saturated carbocycles. The number of nitrogen functional groups attached to an aromatic ring is 1. The number of rotatable bonds is 8. The molecule has 5 rings (SSSR count). The first kappa shape index (κ1) is 26.6. The minimum absolute atomic E-state index is 0.0323. The molecule has 2 atom stereocenters. The highest BCUT2D eigenvalue weighted by molar-refractivity contribution is 5.98. The van der Waals surface area contributed by atoms with Crippen LogP contribution in [0.1, 0.15) is 41.3 Å². The summed E-state index contributed by atoms with van der Waals surface area (Å²) in [5, 5.41) is 16.0. The minimum Gasteiger partial charge on any atom is -0.496 e. The lowest BCUT2D eigenvalue weighted by atomic mass is 10.1. The Kier molecular flexibility index (Phi) is 7.49. The highest BCUT2D eigenvalue weighted by Gasteiger charge is 2.28. The van der Waals surface area contributed by atoms with Gasteiger partial charge in [-0.15, -0.1) is 0 Å². The van der Waals surface area contributed by atoms with E-state index in [0.29, 0.717) is 24.6 Å². The lowest BCUT2D eigenvalue weighted by Crippen LogP contribution is -2.42. The Balaban J connectivity index is 1.45. The van der Waals surface area contributed by atoms with E-state index in [1.165, 1.54) is 6.33 Å². The quantitative estimate of drug-likeness (QED) is 0.324. The number of benzene rings is 1. The van der Waals surface area contributed by atoms with Crippen LogP contribution in [0.2, 0.25) is 0 Å². The molecule has 0 aliphatic carbocycles. The molecule has 1 unspecified atom stereocenters. The van der Waals surface area contributed by atoms with Gasteiger partial charge in [-0.25, -0.2) is 14.6 Å². The number of aliphatic hydroxyl groups is 1. The molecule has 1 saturated heterocycles. The molecule has 39 heavy (non-hydrogen) atoms. The van der Waals surface area contributed by atoms with Crippen molar-refractivity contribution in [2.45, 2.75) is 52.5 Å². The average molecular weight is 530 g/mol. The lowest BCUT2D eigenvalue weighted by Gasteiger charge is -2.34. The molecule has 0 amide bonds. The van der Waals surface area contributed by atoms with E-state index in [1.807, 2.05) is 48.6 Å². The molecular weight excluding hydrogens is 494 g/mol. The molecule has 0 bridgehead atoms. The van der Waals surface area contributed by atoms with Crippen molar-refractivity contribution in [3.63, 3.8) is 0 Å². The van der Waals surface area contributed by atoms with Crippen molar-refractivity contribution in [1.82, 2.24) is 29.6 Å². The third kappa shape index (κ3) is 5.05. The second kappa shape index (κ2) is 11.0. The summed E-state index contributed by atoms with van der Waals surface area (Å²) in [5.41, 5.74) is 12.4. The fourth-order valence-corrected chi connectivity index (χ4v) is 5.35. The van der Waals surface area contributed by atoms with E-state index in [2.05, 4.69) is 21.5 Å². The fraction of sp³-hybridized carbons (Fsp3) is 0.379. The first-order valence-corrected chi connectivity index (χ1v) is 13.1. The Bertz CT molecular complexity index is 1520. The van der Waals surface area contributed by atoms with E-state index in [4.69, 9.17) is 20.3 Å². The van der Waals surface area contributed by atoms with E-state index in [-0.39, 0.29) is 6.04 Å². The van der Waals surface area contributed by atoms with Gasteiger partial charge >= 0.3 is 0 Å². The Morgan fingerprint density at radius 2 is 2.03 bits per heavy atom. The smallest absolute Gasteiger partial charge is 0.164 e. The average Bonchev–Trinajstić information content (AvgIpc) is 3.34. The molecule has 0 spiro atoms. The van der Waals surface area contributed by atoms with Gasteiger partial charge in [0.15, 0.2) is 5.65 Å². The summed E-state index contributed by atoms with van der Waals surface area (Å²) in [6, 6.07) is 5.99. The molecule has 1 fully saturated rings. The van der Waals surface area contributed by atoms with Crippen LogP contribution in [0.15, 0.2) is 43.4 Å². The number of hydrogen-bond acceptors (Lipinski definition) is 9. The summed E-state index contributed by atoms with van der Waals surface area (Å²) >= 11 is 0. The molecular formula is C29H35N7O3. The highest BCUT2D eigenvalue weighted by atomic mass is 16.5. The Hall–Kier alpha value is -4.02. The molecule has 1 aliphatic heterocycles. The summed E-state index contributed by atoms with van der Waals surface area (Å²) in [5.74, 6) is 1.97. The van der Waals surface area contributed by atoms with Gasteiger partial charge in [0.1, 0.15) is 42.2 Å². The van der Waals surface area contributed by atoms with E-state index in [9.17, 15) is 5.11 Å². The number of methoxy groups -OCH3 is 1. The Labute approximate surface area is 228 Å². The van der Waals surface area contributed by atoms with Gasteiger partial charge in [0.05, 0.1) is 24.2 Å². The maximum atomic E-state index is 10.3. The number of piperidine rings is 1. The third-order valence-corrected chi connectivity index (χ3v) is 7.44. The number of pyridine rings is 1. The van der Waals surface area contributed by atoms with Crippen molar-refractivity contribution in [2.75, 3.05) is 25.9 Å². The van der Waals surface area contributed by atoms with Crippen LogP contribution in [0.25, 0.3) is 22.3 Å². The second-order valence-electron chi connectivity index (χ2n) is 10.0. The van der Waals surface area contributed by atoms with Crippen LogP contribution in [0.5, 0.6) is 11.5 Å². The molecule has 4 aromatic rings. The summed E-state index contributed by atoms with van der Waals surface area (Å²) in [6.45, 7) is 11.5. The number of aromatic nitrogens is 5. The van der Waals surface area contributed by atoms with Crippen LogP contribution >= 0.6 is 0 Å². The number of hydrogen-bond donors (Lipinski definition) is 2. The minimum atomic E-state index is -0.691. The Morgan fingerprint density at radius 1 is 1.21 bits per heavy atom. The summed E-state index contributed by atoms with van der Waals surface area (Å²) in [6.07, 6.45) is 5.98. The predicted octanol–water partition coefficient (Wildman–Crippen LogP) is 4.12. The first-order valence-electron chi connectivity index (χ1n) is 13.1. The van der Waals surface area contributed by atoms with Crippen LogP contribution in [0.3, 0.4) is 0 Å². The largest absolute Gasteiger partial charge is 0.496 e. The molecule has 0 radical (unpaired) electrons. The van der Waals surface area contributed by atoms with Gasteiger partial charge in [-0.1, -0.05) is 6.58 Å². The number of anilines is 1. The zero-order chi connectivity index (χ0) is 27.7. The van der Waals surface area contributed by atoms with Gasteiger partial charge in [0.25, 0.3) is 0 Å². The number of ether oxygens (including phenoxy) is 2. The molecule has 3 N–H and O–H groups in total. The van der Waals surface area contributed by atoms with Crippen LogP contribution < -0.4 is 15.2 Å². The van der Waals surface area contributed by atoms with Gasteiger partial charge in [-0.2, -0.15) is 5.10 Å². The van der Waals surface area contributed by atoms with Crippen LogP contribution in [-0.4, -0.2) is 61.2 Å². The molecule has 1 aliphatic rings. The van der Waals surface area contributed by atoms with Crippen molar-refractivity contribution in [2.24, 2.45) is 0 Å². The van der Waals surface area contributed by atoms with E-state index < -0.39 is 6.23 Å². The van der Waals surface area contributed by atoms with Gasteiger partial charge < -0.3 is 20.3 Å². The van der Waals surface area contributed by atoms with Gasteiger partial charge in [0.2, 0.25) is 0 Å². The summed E-state index contributed by atoms with van der Waals surface area (Å²) < 4.78 is 13.6. The predicted molar refractivity (Wildman–Crippen MR) is 151 cm³/mol. The lowest BCUT2D eigenvalue weighted by molar-refractivity contribution is 0.0127. The fourth-order valence-electron chi connectivity index (χ4n) is 5.35. The van der Waals surface area contributed by atoms with Crippen molar-refractivity contribution in [3.05, 3.63) is 65.8 Å². The molecule has 10 heteroatoms. The van der Waals surface area contributed by atoms with Gasteiger partial charge in [-0.3, -0.25) is 9.88 Å². The van der Waals surface area contributed by atoms with E-state index >= 15 is 0 Å². The van der Waals surface area contributed by atoms with Crippen molar-refractivity contribution >= 4 is 16.9 Å². The molecule has 10 nitrogen and oxygen atoms in total. The maximum Gasteiger partial charge on any atom is 0.164 e.